The van der Waals surface area contributed by atoms with Crippen LogP contribution in [-0.4, -0.2) is 35.9 Å². The molecule has 2 amide bonds. The van der Waals surface area contributed by atoms with Crippen molar-refractivity contribution in [2.75, 3.05) is 7.11 Å². The van der Waals surface area contributed by atoms with Crippen LogP contribution in [0.1, 0.15) is 51.2 Å². The number of methoxy groups -OCH3 is 1. The molecule has 1 N–H and O–H groups in total. The van der Waals surface area contributed by atoms with Crippen molar-refractivity contribution in [3.63, 3.8) is 0 Å². The maximum atomic E-state index is 13.2. The molecular weight excluding hydrogens is 376 g/mol. The van der Waals surface area contributed by atoms with Gasteiger partial charge in [-0.25, -0.2) is 0 Å². The molecule has 0 bridgehead atoms. The molecular formula is C25H34N2O3. The highest BCUT2D eigenvalue weighted by atomic mass is 16.5. The van der Waals surface area contributed by atoms with Gasteiger partial charge in [-0.1, -0.05) is 56.3 Å². The summed E-state index contributed by atoms with van der Waals surface area (Å²) in [4.78, 5) is 27.9. The maximum absolute atomic E-state index is 13.2. The molecule has 5 nitrogen and oxygen atoms in total. The van der Waals surface area contributed by atoms with Crippen molar-refractivity contribution < 1.29 is 14.3 Å². The number of nitrogens with one attached hydrogen (secondary N) is 1. The van der Waals surface area contributed by atoms with E-state index in [0.29, 0.717) is 25.8 Å². The van der Waals surface area contributed by atoms with Crippen molar-refractivity contribution in [1.29, 1.82) is 0 Å². The van der Waals surface area contributed by atoms with E-state index in [9.17, 15) is 9.59 Å². The lowest BCUT2D eigenvalue weighted by Crippen LogP contribution is -2.50. The first-order valence-electron chi connectivity index (χ1n) is 10.7. The van der Waals surface area contributed by atoms with Crippen molar-refractivity contribution >= 4 is 11.8 Å². The van der Waals surface area contributed by atoms with Gasteiger partial charge in [0.2, 0.25) is 11.8 Å². The second-order valence-corrected chi connectivity index (χ2v) is 7.60. The number of rotatable bonds is 11. The highest BCUT2D eigenvalue weighted by Crippen LogP contribution is 2.18. The molecule has 0 aliphatic rings. The smallest absolute Gasteiger partial charge is 0.243 e. The Morgan fingerprint density at radius 2 is 1.63 bits per heavy atom. The summed E-state index contributed by atoms with van der Waals surface area (Å²) < 4.78 is 5.23. The molecule has 0 saturated carbocycles. The van der Waals surface area contributed by atoms with Crippen LogP contribution >= 0.6 is 0 Å². The number of benzene rings is 2. The van der Waals surface area contributed by atoms with E-state index in [-0.39, 0.29) is 17.9 Å². The summed E-state index contributed by atoms with van der Waals surface area (Å²) in [6, 6.07) is 17.2. The number of carbonyl (C=O) groups is 2. The second kappa shape index (κ2) is 12.0. The first-order valence-corrected chi connectivity index (χ1v) is 10.7. The van der Waals surface area contributed by atoms with Gasteiger partial charge in [-0.2, -0.15) is 0 Å². The molecule has 0 fully saturated rings. The monoisotopic (exact) mass is 410 g/mol. The van der Waals surface area contributed by atoms with Gasteiger partial charge in [-0.15, -0.1) is 0 Å². The van der Waals surface area contributed by atoms with Gasteiger partial charge in [0.25, 0.3) is 0 Å². The lowest BCUT2D eigenvalue weighted by atomic mass is 10.1. The Balaban J connectivity index is 2.19. The number of amides is 2. The summed E-state index contributed by atoms with van der Waals surface area (Å²) in [5.41, 5.74) is 2.09. The zero-order valence-corrected chi connectivity index (χ0v) is 18.6. The number of aryl methyl sites for hydroxylation is 1. The Kier molecular flexibility index (Phi) is 9.39. The van der Waals surface area contributed by atoms with Crippen LogP contribution in [0.4, 0.5) is 0 Å². The zero-order chi connectivity index (χ0) is 21.9. The highest BCUT2D eigenvalue weighted by Gasteiger charge is 2.29. The van der Waals surface area contributed by atoms with Gasteiger partial charge in [-0.05, 0) is 49.4 Å². The lowest BCUT2D eigenvalue weighted by Gasteiger charge is -2.31. The SMILES string of the molecule is CC[C@H](C)NC(=O)[C@H](CC)N(Cc1ccc(OC)cc1)C(=O)CCc1ccccc1. The molecule has 0 heterocycles. The number of carbonyl (C=O) groups excluding carboxylic acids is 2. The van der Waals surface area contributed by atoms with E-state index in [1.54, 1.807) is 12.0 Å². The minimum Gasteiger partial charge on any atom is -0.497 e. The average molecular weight is 411 g/mol. The minimum atomic E-state index is -0.496. The summed E-state index contributed by atoms with van der Waals surface area (Å²) in [6.45, 7) is 6.36. The molecule has 0 aromatic heterocycles. The fraction of sp³-hybridized carbons (Fsp3) is 0.440. The second-order valence-electron chi connectivity index (χ2n) is 7.60. The van der Waals surface area contributed by atoms with E-state index in [1.165, 1.54) is 0 Å². The molecule has 2 atom stereocenters. The highest BCUT2D eigenvalue weighted by molar-refractivity contribution is 5.87. The Morgan fingerprint density at radius 3 is 2.20 bits per heavy atom. The van der Waals surface area contributed by atoms with Crippen molar-refractivity contribution in [3.05, 3.63) is 65.7 Å². The molecule has 30 heavy (non-hydrogen) atoms. The standard InChI is InChI=1S/C25H34N2O3/c1-5-19(3)26-25(29)23(6-2)27(18-21-12-15-22(30-4)16-13-21)24(28)17-14-20-10-8-7-9-11-20/h7-13,15-16,19,23H,5-6,14,17-18H2,1-4H3,(H,26,29)/t19-,23-/m0/s1. The Hall–Kier alpha value is -2.82. The fourth-order valence-corrected chi connectivity index (χ4v) is 3.33. The maximum Gasteiger partial charge on any atom is 0.243 e. The van der Waals surface area contributed by atoms with E-state index in [4.69, 9.17) is 4.74 Å². The topological polar surface area (TPSA) is 58.6 Å². The van der Waals surface area contributed by atoms with Crippen molar-refractivity contribution in [2.45, 2.75) is 65.1 Å². The number of hydrogen-bond acceptors (Lipinski definition) is 3. The van der Waals surface area contributed by atoms with Crippen LogP contribution in [0.3, 0.4) is 0 Å². The summed E-state index contributed by atoms with van der Waals surface area (Å²) in [5, 5.41) is 3.04. The average Bonchev–Trinajstić information content (AvgIpc) is 2.78. The normalized spacial score (nSPS) is 12.7. The molecule has 2 rings (SSSR count). The molecule has 0 unspecified atom stereocenters. The van der Waals surface area contributed by atoms with Crippen LogP contribution in [0.25, 0.3) is 0 Å². The van der Waals surface area contributed by atoms with Crippen molar-refractivity contribution in [1.82, 2.24) is 10.2 Å². The molecule has 0 saturated heterocycles. The third-order valence-electron chi connectivity index (χ3n) is 5.37. The molecule has 2 aromatic rings. The quantitative estimate of drug-likeness (QED) is 0.599. The molecule has 162 valence electrons. The third-order valence-corrected chi connectivity index (χ3v) is 5.37. The predicted molar refractivity (Wildman–Crippen MR) is 120 cm³/mol. The van der Waals surface area contributed by atoms with Crippen molar-refractivity contribution in [3.8, 4) is 5.75 Å². The molecule has 2 aromatic carbocycles. The van der Waals surface area contributed by atoms with Crippen LogP contribution in [0.2, 0.25) is 0 Å². The van der Waals surface area contributed by atoms with Crippen LogP contribution in [0, 0.1) is 0 Å². The van der Waals surface area contributed by atoms with Gasteiger partial charge in [0.1, 0.15) is 11.8 Å². The number of hydrogen-bond donors (Lipinski definition) is 1. The molecule has 0 radical (unpaired) electrons. The summed E-state index contributed by atoms with van der Waals surface area (Å²) in [7, 11) is 1.63. The zero-order valence-electron chi connectivity index (χ0n) is 18.6. The summed E-state index contributed by atoms with van der Waals surface area (Å²) in [6.07, 6.45) is 2.44. The minimum absolute atomic E-state index is 0.0131. The Morgan fingerprint density at radius 1 is 0.967 bits per heavy atom. The van der Waals surface area contributed by atoms with E-state index in [0.717, 1.165) is 23.3 Å². The summed E-state index contributed by atoms with van der Waals surface area (Å²) in [5.74, 6) is 0.663. The lowest BCUT2D eigenvalue weighted by molar-refractivity contribution is -0.141. The van der Waals surface area contributed by atoms with Gasteiger partial charge in [0.05, 0.1) is 7.11 Å². The van der Waals surface area contributed by atoms with Crippen LogP contribution in [0.15, 0.2) is 54.6 Å². The first kappa shape index (κ1) is 23.5. The van der Waals surface area contributed by atoms with Crippen LogP contribution in [0.5, 0.6) is 5.75 Å². The van der Waals surface area contributed by atoms with Crippen molar-refractivity contribution in [2.24, 2.45) is 0 Å². The van der Waals surface area contributed by atoms with Gasteiger partial charge in [0, 0.05) is 19.0 Å². The van der Waals surface area contributed by atoms with E-state index >= 15 is 0 Å². The Bertz CT molecular complexity index is 790. The van der Waals surface area contributed by atoms with Gasteiger partial charge >= 0.3 is 0 Å². The molecule has 0 aliphatic carbocycles. The predicted octanol–water partition coefficient (Wildman–Crippen LogP) is 4.35. The largest absolute Gasteiger partial charge is 0.497 e. The van der Waals surface area contributed by atoms with Crippen LogP contribution in [-0.2, 0) is 22.6 Å². The van der Waals surface area contributed by atoms with E-state index in [1.807, 2.05) is 75.4 Å². The Labute approximate surface area is 180 Å². The van der Waals surface area contributed by atoms with E-state index in [2.05, 4.69) is 5.32 Å². The van der Waals surface area contributed by atoms with E-state index < -0.39 is 6.04 Å². The number of nitrogens with zero attached hydrogens (tertiary/aromatic N) is 1. The third kappa shape index (κ3) is 6.90. The molecule has 0 aliphatic heterocycles. The van der Waals surface area contributed by atoms with Crippen LogP contribution < -0.4 is 10.1 Å². The van der Waals surface area contributed by atoms with Gasteiger partial charge < -0.3 is 15.0 Å². The molecule has 5 heteroatoms. The molecule has 0 spiro atoms. The summed E-state index contributed by atoms with van der Waals surface area (Å²) >= 11 is 0. The number of ether oxygens (including phenoxy) is 1. The van der Waals surface area contributed by atoms with Gasteiger partial charge in [0.15, 0.2) is 0 Å². The fourth-order valence-electron chi connectivity index (χ4n) is 3.33. The van der Waals surface area contributed by atoms with Gasteiger partial charge in [-0.3, -0.25) is 9.59 Å². The first-order chi connectivity index (χ1) is 14.5.